The standard InChI is InChI=1S/C16H16FNO/c1-3-19-16-10-8-15(9-11-16)18-12(2)13-4-6-14(17)7-5-13/h4-11H,3H2,1-2H3. The summed E-state index contributed by atoms with van der Waals surface area (Å²) in [5.41, 5.74) is 2.62. The van der Waals surface area contributed by atoms with Crippen LogP contribution in [0.4, 0.5) is 10.1 Å². The van der Waals surface area contributed by atoms with E-state index >= 15 is 0 Å². The van der Waals surface area contributed by atoms with E-state index in [1.165, 1.54) is 12.1 Å². The molecule has 98 valence electrons. The number of hydrogen-bond acceptors (Lipinski definition) is 2. The lowest BCUT2D eigenvalue weighted by Gasteiger charge is -2.04. The molecule has 0 aliphatic carbocycles. The summed E-state index contributed by atoms with van der Waals surface area (Å²) in [7, 11) is 0. The van der Waals surface area contributed by atoms with E-state index in [-0.39, 0.29) is 5.82 Å². The van der Waals surface area contributed by atoms with Gasteiger partial charge in [0.15, 0.2) is 0 Å². The highest BCUT2D eigenvalue weighted by atomic mass is 19.1. The Morgan fingerprint density at radius 3 is 2.26 bits per heavy atom. The summed E-state index contributed by atoms with van der Waals surface area (Å²) >= 11 is 0. The van der Waals surface area contributed by atoms with Crippen LogP contribution >= 0.6 is 0 Å². The molecule has 0 amide bonds. The number of rotatable bonds is 4. The van der Waals surface area contributed by atoms with Crippen LogP contribution in [0.5, 0.6) is 5.75 Å². The van der Waals surface area contributed by atoms with Gasteiger partial charge in [-0.1, -0.05) is 12.1 Å². The number of hydrogen-bond donors (Lipinski definition) is 0. The van der Waals surface area contributed by atoms with Crippen molar-refractivity contribution in [3.05, 3.63) is 59.9 Å². The van der Waals surface area contributed by atoms with Crippen LogP contribution < -0.4 is 4.74 Å². The van der Waals surface area contributed by atoms with Crippen LogP contribution in [0.15, 0.2) is 53.5 Å². The van der Waals surface area contributed by atoms with Gasteiger partial charge in [0.1, 0.15) is 11.6 Å². The number of benzene rings is 2. The van der Waals surface area contributed by atoms with Gasteiger partial charge >= 0.3 is 0 Å². The zero-order chi connectivity index (χ0) is 13.7. The molecule has 0 N–H and O–H groups in total. The maximum absolute atomic E-state index is 12.8. The van der Waals surface area contributed by atoms with E-state index in [1.807, 2.05) is 38.1 Å². The molecule has 0 saturated carbocycles. The van der Waals surface area contributed by atoms with E-state index in [0.29, 0.717) is 6.61 Å². The molecular weight excluding hydrogens is 241 g/mol. The van der Waals surface area contributed by atoms with Gasteiger partial charge in [-0.05, 0) is 55.8 Å². The highest BCUT2D eigenvalue weighted by Crippen LogP contribution is 2.19. The lowest BCUT2D eigenvalue weighted by Crippen LogP contribution is -1.94. The molecule has 0 saturated heterocycles. The average molecular weight is 257 g/mol. The first-order valence-corrected chi connectivity index (χ1v) is 6.23. The number of halogens is 1. The lowest BCUT2D eigenvalue weighted by atomic mass is 10.1. The molecule has 0 aromatic heterocycles. The van der Waals surface area contributed by atoms with Crippen LogP contribution in [0, 0.1) is 5.82 Å². The van der Waals surface area contributed by atoms with E-state index in [2.05, 4.69) is 4.99 Å². The molecule has 0 fully saturated rings. The van der Waals surface area contributed by atoms with Gasteiger partial charge in [-0.2, -0.15) is 0 Å². The van der Waals surface area contributed by atoms with Gasteiger partial charge in [0.2, 0.25) is 0 Å². The van der Waals surface area contributed by atoms with Crippen LogP contribution in [0.2, 0.25) is 0 Å². The van der Waals surface area contributed by atoms with Gasteiger partial charge in [0, 0.05) is 5.71 Å². The molecule has 0 radical (unpaired) electrons. The van der Waals surface area contributed by atoms with Crippen molar-refractivity contribution >= 4 is 11.4 Å². The maximum atomic E-state index is 12.8. The second-order valence-electron chi connectivity index (χ2n) is 4.13. The fraction of sp³-hybridized carbons (Fsp3) is 0.188. The van der Waals surface area contributed by atoms with E-state index in [1.54, 1.807) is 12.1 Å². The van der Waals surface area contributed by atoms with Crippen molar-refractivity contribution in [2.24, 2.45) is 4.99 Å². The average Bonchev–Trinajstić information content (AvgIpc) is 2.42. The molecule has 0 aliphatic rings. The largest absolute Gasteiger partial charge is 0.494 e. The maximum Gasteiger partial charge on any atom is 0.123 e. The van der Waals surface area contributed by atoms with Crippen molar-refractivity contribution < 1.29 is 9.13 Å². The van der Waals surface area contributed by atoms with Crippen molar-refractivity contribution in [2.45, 2.75) is 13.8 Å². The van der Waals surface area contributed by atoms with E-state index in [4.69, 9.17) is 4.74 Å². The molecule has 2 rings (SSSR count). The molecule has 2 aromatic rings. The Balaban J connectivity index is 2.17. The van der Waals surface area contributed by atoms with Crippen molar-refractivity contribution in [1.82, 2.24) is 0 Å². The molecule has 0 atom stereocenters. The third-order valence-electron chi connectivity index (χ3n) is 2.71. The van der Waals surface area contributed by atoms with Crippen molar-refractivity contribution in [3.8, 4) is 5.75 Å². The van der Waals surface area contributed by atoms with Crippen molar-refractivity contribution in [3.63, 3.8) is 0 Å². The van der Waals surface area contributed by atoms with Gasteiger partial charge in [0.05, 0.1) is 12.3 Å². The summed E-state index contributed by atoms with van der Waals surface area (Å²) in [4.78, 5) is 4.50. The highest BCUT2D eigenvalue weighted by molar-refractivity contribution is 6.00. The first-order valence-electron chi connectivity index (χ1n) is 6.23. The van der Waals surface area contributed by atoms with Gasteiger partial charge in [-0.25, -0.2) is 4.39 Å². The Morgan fingerprint density at radius 1 is 1.05 bits per heavy atom. The number of ether oxygens (including phenoxy) is 1. The first kappa shape index (κ1) is 13.3. The molecular formula is C16H16FNO. The van der Waals surface area contributed by atoms with Crippen molar-refractivity contribution in [1.29, 1.82) is 0 Å². The molecule has 19 heavy (non-hydrogen) atoms. The van der Waals surface area contributed by atoms with E-state index in [0.717, 1.165) is 22.7 Å². The summed E-state index contributed by atoms with van der Waals surface area (Å²) in [6, 6.07) is 13.9. The zero-order valence-corrected chi connectivity index (χ0v) is 11.1. The highest BCUT2D eigenvalue weighted by Gasteiger charge is 1.99. The monoisotopic (exact) mass is 257 g/mol. The zero-order valence-electron chi connectivity index (χ0n) is 11.1. The van der Waals surface area contributed by atoms with Crippen LogP contribution in [-0.4, -0.2) is 12.3 Å². The normalized spacial score (nSPS) is 11.4. The number of nitrogens with zero attached hydrogens (tertiary/aromatic N) is 1. The Labute approximate surface area is 112 Å². The predicted octanol–water partition coefficient (Wildman–Crippen LogP) is 4.37. The predicted molar refractivity (Wildman–Crippen MR) is 75.9 cm³/mol. The smallest absolute Gasteiger partial charge is 0.123 e. The summed E-state index contributed by atoms with van der Waals surface area (Å²) < 4.78 is 18.2. The molecule has 3 heteroatoms. The minimum atomic E-state index is -0.238. The Hall–Kier alpha value is -2.16. The molecule has 2 aromatic carbocycles. The fourth-order valence-electron chi connectivity index (χ4n) is 1.73. The Morgan fingerprint density at radius 2 is 1.68 bits per heavy atom. The van der Waals surface area contributed by atoms with Crippen LogP contribution in [0.3, 0.4) is 0 Å². The van der Waals surface area contributed by atoms with Crippen LogP contribution in [-0.2, 0) is 0 Å². The molecule has 0 heterocycles. The first-order chi connectivity index (χ1) is 9.19. The van der Waals surface area contributed by atoms with Crippen LogP contribution in [0.1, 0.15) is 19.4 Å². The number of aliphatic imine (C=N–C) groups is 1. The fourth-order valence-corrected chi connectivity index (χ4v) is 1.73. The Kier molecular flexibility index (Phi) is 4.29. The summed E-state index contributed by atoms with van der Waals surface area (Å²) in [5.74, 6) is 0.596. The van der Waals surface area contributed by atoms with E-state index < -0.39 is 0 Å². The SMILES string of the molecule is CCOc1ccc(N=C(C)c2ccc(F)cc2)cc1. The van der Waals surface area contributed by atoms with Gasteiger partial charge in [-0.3, -0.25) is 4.99 Å². The summed E-state index contributed by atoms with van der Waals surface area (Å²) in [6.45, 7) is 4.51. The lowest BCUT2D eigenvalue weighted by molar-refractivity contribution is 0.340. The topological polar surface area (TPSA) is 21.6 Å². The molecule has 0 bridgehead atoms. The minimum Gasteiger partial charge on any atom is -0.494 e. The van der Waals surface area contributed by atoms with Crippen molar-refractivity contribution in [2.75, 3.05) is 6.61 Å². The summed E-state index contributed by atoms with van der Waals surface area (Å²) in [6.07, 6.45) is 0. The van der Waals surface area contributed by atoms with Gasteiger partial charge in [0.25, 0.3) is 0 Å². The molecule has 0 aliphatic heterocycles. The van der Waals surface area contributed by atoms with E-state index in [9.17, 15) is 4.39 Å². The third-order valence-corrected chi connectivity index (χ3v) is 2.71. The summed E-state index contributed by atoms with van der Waals surface area (Å²) in [5, 5.41) is 0. The molecule has 2 nitrogen and oxygen atoms in total. The molecule has 0 unspecified atom stereocenters. The second kappa shape index (κ2) is 6.14. The minimum absolute atomic E-state index is 0.238. The second-order valence-corrected chi connectivity index (χ2v) is 4.13. The van der Waals surface area contributed by atoms with Crippen LogP contribution in [0.25, 0.3) is 0 Å². The molecule has 0 spiro atoms. The Bertz CT molecular complexity index is 558. The van der Waals surface area contributed by atoms with Gasteiger partial charge < -0.3 is 4.74 Å². The third kappa shape index (κ3) is 3.65. The quantitative estimate of drug-likeness (QED) is 0.745. The van der Waals surface area contributed by atoms with Gasteiger partial charge in [-0.15, -0.1) is 0 Å².